The predicted molar refractivity (Wildman–Crippen MR) is 119 cm³/mol. The molecule has 164 valence electrons. The first-order valence-electron chi connectivity index (χ1n) is 9.12. The predicted octanol–water partition coefficient (Wildman–Crippen LogP) is 4.52. The van der Waals surface area contributed by atoms with Crippen LogP contribution in [-0.2, 0) is 4.74 Å². The fourth-order valence-corrected chi connectivity index (χ4v) is 5.91. The lowest BCUT2D eigenvalue weighted by molar-refractivity contribution is -0.165. The Morgan fingerprint density at radius 2 is 1.39 bits per heavy atom. The van der Waals surface area contributed by atoms with Gasteiger partial charge in [0.25, 0.3) is 11.8 Å². The number of aliphatic hydroxyl groups excluding tert-OH is 2. The van der Waals surface area contributed by atoms with Crippen molar-refractivity contribution in [2.24, 2.45) is 0 Å². The molecule has 0 aliphatic carbocycles. The zero-order chi connectivity index (χ0) is 22.6. The van der Waals surface area contributed by atoms with Gasteiger partial charge in [-0.2, -0.15) is 0 Å². The van der Waals surface area contributed by atoms with Crippen molar-refractivity contribution in [1.29, 1.82) is 0 Å². The number of carbonyl (C=O) groups excluding carboxylic acids is 2. The van der Waals surface area contributed by atoms with E-state index in [-0.39, 0.29) is 31.2 Å². The minimum Gasteiger partial charge on any atom is -0.388 e. The van der Waals surface area contributed by atoms with Gasteiger partial charge in [-0.3, -0.25) is 14.5 Å². The molecule has 11 heteroatoms. The van der Waals surface area contributed by atoms with Gasteiger partial charge in [0, 0.05) is 4.90 Å². The number of halogens is 4. The van der Waals surface area contributed by atoms with Crippen LogP contribution < -0.4 is 0 Å². The first kappa shape index (κ1) is 23.1. The lowest BCUT2D eigenvalue weighted by atomic mass is 9.97. The Balaban J connectivity index is 1.79. The Hall–Kier alpha value is -1.03. The van der Waals surface area contributed by atoms with Gasteiger partial charge in [0.05, 0.1) is 37.3 Å². The number of thioether (sulfide) groups is 1. The number of aliphatic hydroxyl groups is 2. The zero-order valence-corrected chi connectivity index (χ0v) is 19.6. The van der Waals surface area contributed by atoms with Crippen LogP contribution >= 0.6 is 58.2 Å². The molecule has 0 spiro atoms. The molecule has 0 aromatic heterocycles. The summed E-state index contributed by atoms with van der Waals surface area (Å²) in [6.45, 7) is 1.60. The number of amides is 2. The summed E-state index contributed by atoms with van der Waals surface area (Å²) in [4.78, 5) is 28.2. The molecule has 0 saturated carbocycles. The van der Waals surface area contributed by atoms with Gasteiger partial charge >= 0.3 is 0 Å². The summed E-state index contributed by atoms with van der Waals surface area (Å²) in [7, 11) is 0. The molecule has 5 atom stereocenters. The highest BCUT2D eigenvalue weighted by atomic mass is 35.5. The van der Waals surface area contributed by atoms with Gasteiger partial charge < -0.3 is 14.9 Å². The minimum absolute atomic E-state index is 0.153. The van der Waals surface area contributed by atoms with Crippen LogP contribution in [0.5, 0.6) is 0 Å². The van der Waals surface area contributed by atoms with Crippen LogP contribution in [0.15, 0.2) is 35.2 Å². The summed E-state index contributed by atoms with van der Waals surface area (Å²) < 4.78 is 5.89. The lowest BCUT2D eigenvalue weighted by Crippen LogP contribution is -2.63. The van der Waals surface area contributed by atoms with Gasteiger partial charge in [-0.1, -0.05) is 76.4 Å². The fraction of sp³-hybridized carbons (Fsp3) is 0.300. The number of nitrogens with zero attached hydrogens (tertiary/aromatic N) is 1. The molecule has 2 aromatic rings. The van der Waals surface area contributed by atoms with E-state index in [9.17, 15) is 19.8 Å². The van der Waals surface area contributed by atoms with Crippen molar-refractivity contribution in [1.82, 2.24) is 4.90 Å². The van der Waals surface area contributed by atoms with Crippen molar-refractivity contribution < 1.29 is 24.5 Å². The van der Waals surface area contributed by atoms with E-state index in [1.54, 1.807) is 6.92 Å². The molecule has 6 nitrogen and oxygen atoms in total. The normalized spacial score (nSPS) is 28.2. The average Bonchev–Trinajstić information content (AvgIpc) is 3.00. The maximum Gasteiger partial charge on any atom is 0.263 e. The summed E-state index contributed by atoms with van der Waals surface area (Å²) >= 11 is 25.8. The standard InChI is InChI=1S/C20H15Cl4NO5S/c1-7-16(26)17(27)15(20(30-7)31-8-5-3-2-4-6-8)25-18(28)9-10(19(25)29)12(22)14(24)13(23)11(9)21/h2-7,15-17,20,26-27H,1H3/t7-,15-,16-,17-,20+/m1/s1. The van der Waals surface area contributed by atoms with E-state index in [1.807, 2.05) is 30.3 Å². The number of carbonyl (C=O) groups is 2. The summed E-state index contributed by atoms with van der Waals surface area (Å²) in [5, 5.41) is 20.6. The number of benzene rings is 2. The smallest absolute Gasteiger partial charge is 0.263 e. The maximum atomic E-state index is 13.3. The van der Waals surface area contributed by atoms with E-state index in [0.717, 1.165) is 9.80 Å². The first-order valence-corrected chi connectivity index (χ1v) is 11.5. The van der Waals surface area contributed by atoms with Gasteiger partial charge in [0.2, 0.25) is 0 Å². The number of imide groups is 1. The summed E-state index contributed by atoms with van der Waals surface area (Å²) in [5.74, 6) is -1.61. The van der Waals surface area contributed by atoms with Crippen molar-refractivity contribution in [3.63, 3.8) is 0 Å². The van der Waals surface area contributed by atoms with Gasteiger partial charge in [-0.05, 0) is 19.1 Å². The van der Waals surface area contributed by atoms with Gasteiger partial charge in [-0.15, -0.1) is 0 Å². The third-order valence-corrected chi connectivity index (χ3v) is 8.20. The van der Waals surface area contributed by atoms with Crippen LogP contribution in [0.25, 0.3) is 0 Å². The second kappa shape index (κ2) is 8.72. The number of rotatable bonds is 3. The van der Waals surface area contributed by atoms with E-state index < -0.39 is 41.6 Å². The Morgan fingerprint density at radius 3 is 1.90 bits per heavy atom. The monoisotopic (exact) mass is 521 g/mol. The third kappa shape index (κ3) is 3.75. The number of hydrogen-bond acceptors (Lipinski definition) is 6. The van der Waals surface area contributed by atoms with Crippen LogP contribution in [0.1, 0.15) is 27.6 Å². The van der Waals surface area contributed by atoms with E-state index in [4.69, 9.17) is 51.1 Å². The van der Waals surface area contributed by atoms with Crippen molar-refractivity contribution in [3.8, 4) is 0 Å². The topological polar surface area (TPSA) is 87.1 Å². The molecule has 2 heterocycles. The molecule has 0 unspecified atom stereocenters. The quantitative estimate of drug-likeness (QED) is 0.350. The van der Waals surface area contributed by atoms with E-state index in [2.05, 4.69) is 0 Å². The Kier molecular flexibility index (Phi) is 6.51. The summed E-state index contributed by atoms with van der Waals surface area (Å²) in [5.41, 5.74) is -1.27. The van der Waals surface area contributed by atoms with Crippen molar-refractivity contribution >= 4 is 70.0 Å². The Bertz CT molecular complexity index is 1020. The zero-order valence-electron chi connectivity index (χ0n) is 15.8. The summed E-state index contributed by atoms with van der Waals surface area (Å²) in [6.07, 6.45) is -3.55. The third-order valence-electron chi connectivity index (χ3n) is 5.23. The number of ether oxygens (including phenoxy) is 1. The molecular weight excluding hydrogens is 508 g/mol. The van der Waals surface area contributed by atoms with E-state index in [0.29, 0.717) is 0 Å². The van der Waals surface area contributed by atoms with E-state index >= 15 is 0 Å². The maximum absolute atomic E-state index is 13.3. The molecule has 2 N–H and O–H groups in total. The van der Waals surface area contributed by atoms with E-state index in [1.165, 1.54) is 11.8 Å². The molecule has 31 heavy (non-hydrogen) atoms. The molecule has 2 amide bonds. The van der Waals surface area contributed by atoms with Crippen LogP contribution in [0.3, 0.4) is 0 Å². The average molecular weight is 523 g/mol. The van der Waals surface area contributed by atoms with Crippen molar-refractivity contribution in [2.75, 3.05) is 0 Å². The largest absolute Gasteiger partial charge is 0.388 e. The molecule has 1 fully saturated rings. The molecule has 4 rings (SSSR count). The van der Waals surface area contributed by atoms with Crippen molar-refractivity contribution in [3.05, 3.63) is 61.5 Å². The Morgan fingerprint density at radius 1 is 0.871 bits per heavy atom. The van der Waals surface area contributed by atoms with Crippen LogP contribution in [-0.4, -0.2) is 56.7 Å². The second-order valence-electron chi connectivity index (χ2n) is 7.10. The number of hydrogen-bond donors (Lipinski definition) is 2. The van der Waals surface area contributed by atoms with Gasteiger partial charge in [-0.25, -0.2) is 0 Å². The summed E-state index contributed by atoms with van der Waals surface area (Å²) in [6, 6.07) is 7.90. The van der Waals surface area contributed by atoms with Crippen LogP contribution in [0.4, 0.5) is 0 Å². The van der Waals surface area contributed by atoms with Gasteiger partial charge in [0.15, 0.2) is 0 Å². The Labute approximate surface area is 202 Å². The molecular formula is C20H15Cl4NO5S. The minimum atomic E-state index is -1.48. The molecule has 2 aliphatic heterocycles. The highest BCUT2D eigenvalue weighted by Crippen LogP contribution is 2.47. The van der Waals surface area contributed by atoms with Gasteiger partial charge in [0.1, 0.15) is 23.7 Å². The highest BCUT2D eigenvalue weighted by Gasteiger charge is 2.53. The fourth-order valence-electron chi connectivity index (χ4n) is 3.66. The van der Waals surface area contributed by atoms with Crippen LogP contribution in [0, 0.1) is 0 Å². The number of fused-ring (bicyclic) bond motifs is 1. The molecule has 2 aliphatic rings. The molecule has 2 aromatic carbocycles. The highest BCUT2D eigenvalue weighted by molar-refractivity contribution is 7.99. The second-order valence-corrected chi connectivity index (χ2v) is 9.78. The molecule has 1 saturated heterocycles. The first-order chi connectivity index (χ1) is 14.6. The SMILES string of the molecule is C[C@H]1O[C@@H](Sc2ccccc2)[C@H](N2C(=O)c3c(Cl)c(Cl)c(Cl)c(Cl)c3C2=O)[C@@H](O)[C@@H]1O. The lowest BCUT2D eigenvalue weighted by Gasteiger charge is -2.44. The van der Waals surface area contributed by atoms with Crippen molar-refractivity contribution in [2.45, 2.75) is 41.6 Å². The molecule has 0 radical (unpaired) electrons. The molecule has 0 bridgehead atoms. The van der Waals surface area contributed by atoms with Crippen LogP contribution in [0.2, 0.25) is 20.1 Å².